The number of piperidine rings is 1. The van der Waals surface area contributed by atoms with Crippen molar-refractivity contribution >= 4 is 50.8 Å². The number of halogens is 2. The number of hydrogen-bond acceptors (Lipinski definition) is 9. The molecule has 3 aliphatic rings. The molecule has 228 valence electrons. The number of aliphatic hydroxyl groups is 1. The van der Waals surface area contributed by atoms with E-state index in [2.05, 4.69) is 10.1 Å². The number of hydrogen-bond donors (Lipinski definition) is 2. The van der Waals surface area contributed by atoms with E-state index >= 15 is 0 Å². The molecular formula is C30H31Cl2N3O7S. The molecule has 0 unspecified atom stereocenters. The minimum Gasteiger partial charge on any atom is -0.458 e. The lowest BCUT2D eigenvalue weighted by atomic mass is 9.98. The Morgan fingerprint density at radius 1 is 1.02 bits per heavy atom. The molecule has 3 atom stereocenters. The maximum atomic E-state index is 13.7. The highest BCUT2D eigenvalue weighted by atomic mass is 35.5. The average Bonchev–Trinajstić information content (AvgIpc) is 3.67. The number of rotatable bonds is 10. The molecular weight excluding hydrogens is 617 g/mol. The van der Waals surface area contributed by atoms with Gasteiger partial charge in [0.2, 0.25) is 10.0 Å². The second-order valence-electron chi connectivity index (χ2n) is 11.3. The molecule has 2 saturated heterocycles. The van der Waals surface area contributed by atoms with Gasteiger partial charge in [0.1, 0.15) is 17.4 Å². The van der Waals surface area contributed by atoms with E-state index in [1.807, 2.05) is 16.9 Å². The summed E-state index contributed by atoms with van der Waals surface area (Å²) in [5.41, 5.74) is 2.18. The molecule has 3 fully saturated rings. The van der Waals surface area contributed by atoms with E-state index in [-0.39, 0.29) is 48.4 Å². The molecule has 0 radical (unpaired) electrons. The van der Waals surface area contributed by atoms with E-state index in [0.29, 0.717) is 45.5 Å². The molecule has 1 aromatic heterocycles. The van der Waals surface area contributed by atoms with E-state index in [1.54, 1.807) is 30.3 Å². The van der Waals surface area contributed by atoms with Crippen molar-refractivity contribution in [3.8, 4) is 11.3 Å². The fraction of sp³-hybridized carbons (Fsp3) is 0.433. The van der Waals surface area contributed by atoms with Gasteiger partial charge >= 0.3 is 5.97 Å². The van der Waals surface area contributed by atoms with Gasteiger partial charge in [0.05, 0.1) is 15.8 Å². The number of ether oxygens (including phenoxy) is 1. The Balaban J connectivity index is 1.15. The Morgan fingerprint density at radius 3 is 2.28 bits per heavy atom. The first-order chi connectivity index (χ1) is 20.6. The molecule has 2 bridgehead atoms. The first kappa shape index (κ1) is 29.9. The van der Waals surface area contributed by atoms with Crippen LogP contribution < -0.4 is 9.62 Å². The average molecular weight is 649 g/mol. The summed E-state index contributed by atoms with van der Waals surface area (Å²) in [5.74, 6) is -0.897. The first-order valence-electron chi connectivity index (χ1n) is 14.3. The maximum absolute atomic E-state index is 13.7. The quantitative estimate of drug-likeness (QED) is 0.280. The zero-order valence-corrected chi connectivity index (χ0v) is 25.5. The van der Waals surface area contributed by atoms with Crippen molar-refractivity contribution in [2.45, 2.75) is 69.1 Å². The van der Waals surface area contributed by atoms with Gasteiger partial charge in [0.25, 0.3) is 5.91 Å². The Kier molecular flexibility index (Phi) is 8.43. The van der Waals surface area contributed by atoms with Crippen molar-refractivity contribution in [3.05, 3.63) is 69.4 Å². The molecule has 1 aliphatic carbocycles. The summed E-state index contributed by atoms with van der Waals surface area (Å²) in [5, 5.41) is 13.8. The Bertz CT molecular complexity index is 1610. The normalized spacial score (nSPS) is 21.6. The number of fused-ring (bicyclic) bond motifs is 2. The van der Waals surface area contributed by atoms with Crippen LogP contribution in [0.1, 0.15) is 77.3 Å². The summed E-state index contributed by atoms with van der Waals surface area (Å²) in [7, 11) is -3.82. The highest BCUT2D eigenvalue weighted by Gasteiger charge is 2.44. The molecule has 13 heteroatoms. The monoisotopic (exact) mass is 647 g/mol. The fourth-order valence-corrected chi connectivity index (χ4v) is 7.75. The number of benzene rings is 2. The molecule has 6 rings (SSSR count). The molecule has 1 saturated carbocycles. The minimum absolute atomic E-state index is 0.0487. The standard InChI is InChI=1S/C30H31Cl2N3O7S/c31-23-3-1-4-24(32)25(23)27-26(28(42-33-27)17-5-6-17)30(38)41-22-15-20-11-12-21(16-22)35(20)19-9-7-18(8-10-19)29(37)34-43(39,40)14-2-13-36/h1,3-4,7-10,17,20-22,36H,2,5-6,11-16H2,(H,34,37)/t20-,21+,22+. The number of aromatic nitrogens is 1. The Hall–Kier alpha value is -3.12. The lowest BCUT2D eigenvalue weighted by Gasteiger charge is -2.40. The molecule has 10 nitrogen and oxygen atoms in total. The minimum atomic E-state index is -3.82. The molecule has 1 amide bonds. The zero-order valence-electron chi connectivity index (χ0n) is 23.2. The van der Waals surface area contributed by atoms with E-state index in [1.165, 1.54) is 0 Å². The summed E-state index contributed by atoms with van der Waals surface area (Å²) in [6, 6.07) is 12.2. The van der Waals surface area contributed by atoms with Crippen molar-refractivity contribution in [1.29, 1.82) is 0 Å². The van der Waals surface area contributed by atoms with Crippen LogP contribution >= 0.6 is 23.2 Å². The topological polar surface area (TPSA) is 139 Å². The van der Waals surface area contributed by atoms with Crippen LogP contribution in [-0.4, -0.2) is 61.1 Å². The van der Waals surface area contributed by atoms with Gasteiger partial charge in [0.15, 0.2) is 5.76 Å². The van der Waals surface area contributed by atoms with E-state index < -0.39 is 21.9 Å². The van der Waals surface area contributed by atoms with Crippen LogP contribution in [-0.2, 0) is 14.8 Å². The fourth-order valence-electron chi connectivity index (χ4n) is 6.16. The summed E-state index contributed by atoms with van der Waals surface area (Å²) >= 11 is 12.9. The van der Waals surface area contributed by atoms with Gasteiger partial charge in [-0.3, -0.25) is 4.79 Å². The zero-order chi connectivity index (χ0) is 30.3. The van der Waals surface area contributed by atoms with Gasteiger partial charge in [-0.15, -0.1) is 0 Å². The molecule has 3 heterocycles. The van der Waals surface area contributed by atoms with Crippen molar-refractivity contribution < 1.29 is 32.4 Å². The number of anilines is 1. The molecule has 0 spiro atoms. The number of nitrogens with one attached hydrogen (secondary N) is 1. The molecule has 2 aromatic carbocycles. The van der Waals surface area contributed by atoms with Gasteiger partial charge in [-0.05, 0) is 68.5 Å². The van der Waals surface area contributed by atoms with E-state index in [9.17, 15) is 18.0 Å². The number of amides is 1. The van der Waals surface area contributed by atoms with Crippen LogP contribution in [0.15, 0.2) is 47.0 Å². The number of nitrogens with zero attached hydrogens (tertiary/aromatic N) is 2. The van der Waals surface area contributed by atoms with Gasteiger partial charge < -0.3 is 19.3 Å². The second kappa shape index (κ2) is 12.1. The predicted molar refractivity (Wildman–Crippen MR) is 161 cm³/mol. The molecule has 43 heavy (non-hydrogen) atoms. The van der Waals surface area contributed by atoms with Crippen LogP contribution in [0, 0.1) is 0 Å². The highest BCUT2D eigenvalue weighted by molar-refractivity contribution is 7.90. The van der Waals surface area contributed by atoms with Gasteiger partial charge in [-0.1, -0.05) is 34.4 Å². The summed E-state index contributed by atoms with van der Waals surface area (Å²) in [6.07, 6.45) is 4.72. The van der Waals surface area contributed by atoms with Crippen molar-refractivity contribution in [2.75, 3.05) is 17.3 Å². The summed E-state index contributed by atoms with van der Waals surface area (Å²) in [4.78, 5) is 28.4. The van der Waals surface area contributed by atoms with Crippen LogP contribution in [0.5, 0.6) is 0 Å². The Morgan fingerprint density at radius 2 is 1.67 bits per heavy atom. The van der Waals surface area contributed by atoms with E-state index in [0.717, 1.165) is 31.4 Å². The largest absolute Gasteiger partial charge is 0.458 e. The third-order valence-corrected chi connectivity index (χ3v) is 10.2. The van der Waals surface area contributed by atoms with Crippen LogP contribution in [0.3, 0.4) is 0 Å². The van der Waals surface area contributed by atoms with E-state index in [4.69, 9.17) is 37.6 Å². The lowest BCUT2D eigenvalue weighted by molar-refractivity contribution is 0.0202. The van der Waals surface area contributed by atoms with Gasteiger partial charge in [-0.25, -0.2) is 17.9 Å². The lowest BCUT2D eigenvalue weighted by Crippen LogP contribution is -2.46. The molecule has 2 aliphatic heterocycles. The second-order valence-corrected chi connectivity index (χ2v) is 14.0. The number of aliphatic hydroxyl groups excluding tert-OH is 1. The molecule has 3 aromatic rings. The molecule has 2 N–H and O–H groups in total. The summed E-state index contributed by atoms with van der Waals surface area (Å²) in [6.45, 7) is -0.275. The Labute approximate surface area is 259 Å². The smallest absolute Gasteiger partial charge is 0.344 e. The third kappa shape index (κ3) is 6.26. The van der Waals surface area contributed by atoms with Crippen LogP contribution in [0.4, 0.5) is 5.69 Å². The van der Waals surface area contributed by atoms with Gasteiger partial charge in [-0.2, -0.15) is 0 Å². The SMILES string of the molecule is O=C(NS(=O)(=O)CCCO)c1ccc(N2[C@@H]3CC[C@H]2C[C@@H](OC(=O)c2c(-c4c(Cl)cccc4Cl)noc2C2CC2)C3)cc1. The third-order valence-electron chi connectivity index (χ3n) is 8.28. The van der Waals surface area contributed by atoms with Gasteiger partial charge in [0, 0.05) is 54.3 Å². The van der Waals surface area contributed by atoms with Crippen molar-refractivity contribution in [2.24, 2.45) is 0 Å². The number of sulfonamides is 1. The number of carbonyl (C=O) groups excluding carboxylic acids is 2. The predicted octanol–water partition coefficient (Wildman–Crippen LogP) is 5.32. The maximum Gasteiger partial charge on any atom is 0.344 e. The highest BCUT2D eigenvalue weighted by Crippen LogP contribution is 2.47. The van der Waals surface area contributed by atoms with Crippen LogP contribution in [0.2, 0.25) is 10.0 Å². The van der Waals surface area contributed by atoms with Crippen LogP contribution in [0.25, 0.3) is 11.3 Å². The first-order valence-corrected chi connectivity index (χ1v) is 16.7. The number of esters is 1. The van der Waals surface area contributed by atoms with Crippen molar-refractivity contribution in [1.82, 2.24) is 9.88 Å². The summed E-state index contributed by atoms with van der Waals surface area (Å²) < 4.78 is 37.9. The van der Waals surface area contributed by atoms with Crippen molar-refractivity contribution in [3.63, 3.8) is 0 Å². The number of carbonyl (C=O) groups is 2.